The minimum Gasteiger partial charge on any atom is -0.478 e. The Morgan fingerprint density at radius 3 is 2.65 bits per heavy atom. The third kappa shape index (κ3) is 3.66. The molecule has 2 saturated carbocycles. The Kier molecular flexibility index (Phi) is 5.90. The first-order valence-electron chi connectivity index (χ1n) is 11.6. The van der Waals surface area contributed by atoms with Crippen LogP contribution in [0.3, 0.4) is 0 Å². The zero-order valence-corrected chi connectivity index (χ0v) is 18.4. The first kappa shape index (κ1) is 21.6. The lowest BCUT2D eigenvalue weighted by molar-refractivity contribution is -0.131. The van der Waals surface area contributed by atoms with Crippen LogP contribution in [-0.2, 0) is 23.3 Å². The number of carbonyl (C=O) groups is 1. The third-order valence-corrected chi connectivity index (χ3v) is 7.18. The van der Waals surface area contributed by atoms with Gasteiger partial charge in [0, 0.05) is 24.6 Å². The second-order valence-corrected chi connectivity index (χ2v) is 9.17. The monoisotopic (exact) mass is 428 g/mol. The van der Waals surface area contributed by atoms with Gasteiger partial charge in [-0.1, -0.05) is 32.8 Å². The number of H-pyrrole nitrogens is 1. The molecule has 168 valence electrons. The zero-order valence-electron chi connectivity index (χ0n) is 18.4. The Morgan fingerprint density at radius 2 is 1.94 bits per heavy atom. The number of imidazole rings is 1. The van der Waals surface area contributed by atoms with Crippen LogP contribution in [0.1, 0.15) is 71.0 Å². The second-order valence-electron chi connectivity index (χ2n) is 9.17. The molecule has 0 spiro atoms. The number of carboxylic acids is 1. The van der Waals surface area contributed by atoms with Crippen LogP contribution in [0.4, 0.5) is 0 Å². The molecule has 4 rings (SSSR count). The van der Waals surface area contributed by atoms with Crippen molar-refractivity contribution >= 4 is 17.1 Å². The van der Waals surface area contributed by atoms with Gasteiger partial charge in [0.15, 0.2) is 5.65 Å². The van der Waals surface area contributed by atoms with E-state index in [2.05, 4.69) is 4.98 Å². The lowest BCUT2D eigenvalue weighted by Crippen LogP contribution is -2.44. The van der Waals surface area contributed by atoms with Crippen molar-refractivity contribution in [2.24, 2.45) is 11.8 Å². The molecule has 2 heterocycles. The fourth-order valence-corrected chi connectivity index (χ4v) is 5.82. The summed E-state index contributed by atoms with van der Waals surface area (Å²) in [7, 11) is 0. The number of hydrogen-bond donors (Lipinski definition) is 2. The molecular formula is C23H32N4O4. The predicted molar refractivity (Wildman–Crippen MR) is 118 cm³/mol. The van der Waals surface area contributed by atoms with Gasteiger partial charge >= 0.3 is 11.7 Å². The maximum atomic E-state index is 13.1. The molecule has 3 unspecified atom stereocenters. The standard InChI is InChI=1S/C23H32N4O4/c1-3-12-26-19-18(20(30)27(13-4-2)22(26)31)24-21(25-19)23-11-5-6-15(14-23)7-8-16(23)9-10-17(28)29/h9-10,15-16H,3-8,11-14H2,1-2H3,(H,24,25)(H,28,29)/b10-9+. The van der Waals surface area contributed by atoms with Gasteiger partial charge in [-0.05, 0) is 50.4 Å². The van der Waals surface area contributed by atoms with Crippen LogP contribution in [-0.4, -0.2) is 30.2 Å². The number of rotatable bonds is 7. The number of aryl methyl sites for hydroxylation is 1. The van der Waals surface area contributed by atoms with Gasteiger partial charge < -0.3 is 10.1 Å². The number of nitrogens with zero attached hydrogens (tertiary/aromatic N) is 3. The Labute approximate surface area is 181 Å². The maximum Gasteiger partial charge on any atom is 0.332 e. The summed E-state index contributed by atoms with van der Waals surface area (Å²) in [6.07, 6.45) is 10.6. The first-order valence-corrected chi connectivity index (χ1v) is 11.6. The number of aromatic nitrogens is 4. The van der Waals surface area contributed by atoms with Crippen molar-refractivity contribution in [1.82, 2.24) is 19.1 Å². The van der Waals surface area contributed by atoms with Crippen molar-refractivity contribution in [3.63, 3.8) is 0 Å². The smallest absolute Gasteiger partial charge is 0.332 e. The SMILES string of the molecule is CCCn1c(=O)c2[nH]c(C34CCCC(CCC3/C=C/C(=O)O)C4)nc2n(CCC)c1=O. The molecule has 0 aliphatic heterocycles. The Balaban J connectivity index is 1.92. The van der Waals surface area contributed by atoms with Gasteiger partial charge in [-0.3, -0.25) is 13.9 Å². The predicted octanol–water partition coefficient (Wildman–Crippen LogP) is 3.19. The molecule has 2 aliphatic carbocycles. The number of carboxylic acid groups (broad SMARTS) is 1. The average molecular weight is 429 g/mol. The Bertz CT molecular complexity index is 1130. The van der Waals surface area contributed by atoms with Crippen LogP contribution >= 0.6 is 0 Å². The van der Waals surface area contributed by atoms with Crippen molar-refractivity contribution in [2.45, 2.75) is 83.7 Å². The molecule has 8 heteroatoms. The minimum atomic E-state index is -0.947. The van der Waals surface area contributed by atoms with Crippen LogP contribution in [0.25, 0.3) is 11.2 Å². The molecule has 2 N–H and O–H groups in total. The molecule has 0 saturated heterocycles. The second kappa shape index (κ2) is 8.48. The van der Waals surface area contributed by atoms with Gasteiger partial charge in [-0.25, -0.2) is 14.6 Å². The van der Waals surface area contributed by atoms with Gasteiger partial charge in [0.1, 0.15) is 11.3 Å². The van der Waals surface area contributed by atoms with Crippen LogP contribution in [0.5, 0.6) is 0 Å². The lowest BCUT2D eigenvalue weighted by atomic mass is 9.56. The van der Waals surface area contributed by atoms with Crippen molar-refractivity contribution in [3.8, 4) is 0 Å². The van der Waals surface area contributed by atoms with E-state index < -0.39 is 5.97 Å². The molecule has 0 amide bonds. The molecule has 2 fully saturated rings. The molecule has 2 aromatic rings. The van der Waals surface area contributed by atoms with E-state index in [0.717, 1.165) is 44.3 Å². The van der Waals surface area contributed by atoms with Gasteiger partial charge in [-0.15, -0.1) is 0 Å². The van der Waals surface area contributed by atoms with Crippen molar-refractivity contribution in [3.05, 3.63) is 38.8 Å². The minimum absolute atomic E-state index is 0.0462. The van der Waals surface area contributed by atoms with E-state index in [1.54, 1.807) is 4.57 Å². The zero-order chi connectivity index (χ0) is 22.2. The highest BCUT2D eigenvalue weighted by atomic mass is 16.4. The van der Waals surface area contributed by atoms with Crippen molar-refractivity contribution in [1.29, 1.82) is 0 Å². The number of aromatic amines is 1. The summed E-state index contributed by atoms with van der Waals surface area (Å²) in [5, 5.41) is 9.19. The fourth-order valence-electron chi connectivity index (χ4n) is 5.82. The summed E-state index contributed by atoms with van der Waals surface area (Å²) in [5.74, 6) is 0.426. The molecule has 0 aromatic carbocycles. The number of aliphatic carboxylic acids is 1. The van der Waals surface area contributed by atoms with Crippen LogP contribution < -0.4 is 11.2 Å². The topological polar surface area (TPSA) is 110 Å². The highest BCUT2D eigenvalue weighted by Crippen LogP contribution is 2.53. The van der Waals surface area contributed by atoms with Gasteiger partial charge in [-0.2, -0.15) is 0 Å². The highest BCUT2D eigenvalue weighted by Gasteiger charge is 2.48. The number of allylic oxidation sites excluding steroid dienone is 1. The lowest BCUT2D eigenvalue weighted by Gasteiger charge is -2.48. The normalized spacial score (nSPS) is 26.0. The van der Waals surface area contributed by atoms with Crippen molar-refractivity contribution in [2.75, 3.05) is 0 Å². The average Bonchev–Trinajstić information content (AvgIpc) is 3.20. The van der Waals surface area contributed by atoms with Gasteiger partial charge in [0.05, 0.1) is 0 Å². The molecule has 3 atom stereocenters. The summed E-state index contributed by atoms with van der Waals surface area (Å²) in [6, 6.07) is 0. The molecule has 8 nitrogen and oxygen atoms in total. The summed E-state index contributed by atoms with van der Waals surface area (Å²) < 4.78 is 2.93. The Morgan fingerprint density at radius 1 is 1.19 bits per heavy atom. The highest BCUT2D eigenvalue weighted by molar-refractivity contribution is 5.79. The molecule has 2 aromatic heterocycles. The van der Waals surface area contributed by atoms with Crippen LogP contribution in [0, 0.1) is 11.8 Å². The largest absolute Gasteiger partial charge is 0.478 e. The van der Waals surface area contributed by atoms with E-state index in [1.807, 2.05) is 19.9 Å². The van der Waals surface area contributed by atoms with Gasteiger partial charge in [0.2, 0.25) is 0 Å². The molecule has 31 heavy (non-hydrogen) atoms. The molecule has 0 radical (unpaired) electrons. The molecular weight excluding hydrogens is 396 g/mol. The molecule has 2 bridgehead atoms. The first-order chi connectivity index (χ1) is 14.9. The van der Waals surface area contributed by atoms with E-state index in [-0.39, 0.29) is 22.6 Å². The van der Waals surface area contributed by atoms with Crippen LogP contribution in [0.15, 0.2) is 21.7 Å². The van der Waals surface area contributed by atoms with E-state index in [1.165, 1.54) is 17.1 Å². The van der Waals surface area contributed by atoms with E-state index in [0.29, 0.717) is 36.6 Å². The maximum absolute atomic E-state index is 13.1. The Hall–Kier alpha value is -2.64. The van der Waals surface area contributed by atoms with E-state index >= 15 is 0 Å². The summed E-state index contributed by atoms with van der Waals surface area (Å²) in [5.41, 5.74) is -0.113. The third-order valence-electron chi connectivity index (χ3n) is 7.18. The van der Waals surface area contributed by atoms with Crippen LogP contribution in [0.2, 0.25) is 0 Å². The quantitative estimate of drug-likeness (QED) is 0.658. The fraction of sp³-hybridized carbons (Fsp3) is 0.652. The van der Waals surface area contributed by atoms with E-state index in [9.17, 15) is 19.5 Å². The number of fused-ring (bicyclic) bond motifs is 3. The van der Waals surface area contributed by atoms with Gasteiger partial charge in [0.25, 0.3) is 5.56 Å². The number of nitrogens with one attached hydrogen (secondary N) is 1. The van der Waals surface area contributed by atoms with Crippen molar-refractivity contribution < 1.29 is 9.90 Å². The summed E-state index contributed by atoms with van der Waals surface area (Å²) in [6.45, 7) is 4.82. The van der Waals surface area contributed by atoms with E-state index in [4.69, 9.17) is 4.98 Å². The number of hydrogen-bond acceptors (Lipinski definition) is 4. The summed E-state index contributed by atoms with van der Waals surface area (Å²) in [4.78, 5) is 45.6. The molecule has 2 aliphatic rings. The summed E-state index contributed by atoms with van der Waals surface area (Å²) >= 11 is 0.